The first-order valence-corrected chi connectivity index (χ1v) is 6.01. The average molecular weight is 239 g/mol. The summed E-state index contributed by atoms with van der Waals surface area (Å²) in [6.45, 7) is 5.21. The van der Waals surface area contributed by atoms with Gasteiger partial charge in [-0.2, -0.15) is 0 Å². The van der Waals surface area contributed by atoms with E-state index in [-0.39, 0.29) is 11.9 Å². The molecule has 1 heterocycles. The summed E-state index contributed by atoms with van der Waals surface area (Å²) in [5, 5.41) is 7.73. The molecular weight excluding hydrogens is 218 g/mol. The lowest BCUT2D eigenvalue weighted by molar-refractivity contribution is 0.0717. The van der Waals surface area contributed by atoms with Gasteiger partial charge in [-0.05, 0) is 12.8 Å². The van der Waals surface area contributed by atoms with Crippen molar-refractivity contribution < 1.29 is 4.79 Å². The quantitative estimate of drug-likeness (QED) is 0.784. The molecule has 0 aliphatic heterocycles. The first-order chi connectivity index (χ1) is 8.13. The molecule has 0 aliphatic rings. The van der Waals surface area contributed by atoms with Gasteiger partial charge in [0.25, 0.3) is 5.91 Å². The Bertz CT molecular complexity index is 358. The first kappa shape index (κ1) is 13.6. The number of nitrogens with zero attached hydrogens (tertiary/aromatic N) is 4. The van der Waals surface area contributed by atoms with Gasteiger partial charge < -0.3 is 10.6 Å². The van der Waals surface area contributed by atoms with E-state index in [4.69, 9.17) is 5.73 Å². The maximum atomic E-state index is 12.1. The minimum atomic E-state index is -0.0815. The fraction of sp³-hybridized carbons (Fsp3) is 0.727. The van der Waals surface area contributed by atoms with Gasteiger partial charge >= 0.3 is 0 Å². The summed E-state index contributed by atoms with van der Waals surface area (Å²) in [6, 6.07) is 0.252. The smallest absolute Gasteiger partial charge is 0.276 e. The zero-order valence-corrected chi connectivity index (χ0v) is 10.8. The van der Waals surface area contributed by atoms with Crippen LogP contribution >= 0.6 is 0 Å². The molecule has 2 N–H and O–H groups in total. The van der Waals surface area contributed by atoms with Gasteiger partial charge in [0.1, 0.15) is 0 Å². The van der Waals surface area contributed by atoms with Crippen molar-refractivity contribution in [2.24, 2.45) is 5.73 Å². The molecule has 0 saturated carbocycles. The summed E-state index contributed by atoms with van der Waals surface area (Å²) >= 11 is 0. The summed E-state index contributed by atoms with van der Waals surface area (Å²) in [5.41, 5.74) is 5.80. The lowest BCUT2D eigenvalue weighted by atomic mass is 10.1. The minimum absolute atomic E-state index is 0.0815. The maximum absolute atomic E-state index is 12.1. The number of nitrogens with two attached hydrogens (primary N) is 1. The molecule has 6 nitrogen and oxygen atoms in total. The SMILES string of the molecule is CCC(CC)N(C)C(=O)c1cn(CCN)nn1. The van der Waals surface area contributed by atoms with Gasteiger partial charge in [-0.15, -0.1) is 5.10 Å². The van der Waals surface area contributed by atoms with E-state index in [1.165, 1.54) is 0 Å². The number of rotatable bonds is 6. The van der Waals surface area contributed by atoms with Crippen molar-refractivity contribution in [2.75, 3.05) is 13.6 Å². The van der Waals surface area contributed by atoms with Crippen LogP contribution in [0.25, 0.3) is 0 Å². The molecule has 1 aromatic heterocycles. The Balaban J connectivity index is 2.73. The van der Waals surface area contributed by atoms with Crippen molar-refractivity contribution in [3.63, 3.8) is 0 Å². The summed E-state index contributed by atoms with van der Waals surface area (Å²) in [5.74, 6) is -0.0815. The van der Waals surface area contributed by atoms with Gasteiger partial charge in [0, 0.05) is 19.6 Å². The molecule has 0 atom stereocenters. The molecule has 0 unspecified atom stereocenters. The van der Waals surface area contributed by atoms with Crippen molar-refractivity contribution in [1.29, 1.82) is 0 Å². The normalized spacial score (nSPS) is 10.9. The van der Waals surface area contributed by atoms with Gasteiger partial charge in [0.05, 0.1) is 12.7 Å². The molecule has 1 amide bonds. The summed E-state index contributed by atoms with van der Waals surface area (Å²) in [7, 11) is 1.81. The van der Waals surface area contributed by atoms with E-state index < -0.39 is 0 Å². The number of aromatic nitrogens is 3. The van der Waals surface area contributed by atoms with Crippen LogP contribution in [0.4, 0.5) is 0 Å². The third-order valence-corrected chi connectivity index (χ3v) is 2.93. The third kappa shape index (κ3) is 3.26. The second-order valence-corrected chi connectivity index (χ2v) is 4.04. The largest absolute Gasteiger partial charge is 0.337 e. The van der Waals surface area contributed by atoms with Crippen molar-refractivity contribution in [3.8, 4) is 0 Å². The van der Waals surface area contributed by atoms with Crippen LogP contribution in [0, 0.1) is 0 Å². The highest BCUT2D eigenvalue weighted by molar-refractivity contribution is 5.91. The van der Waals surface area contributed by atoms with E-state index >= 15 is 0 Å². The fourth-order valence-electron chi connectivity index (χ4n) is 1.82. The highest BCUT2D eigenvalue weighted by Gasteiger charge is 2.20. The van der Waals surface area contributed by atoms with E-state index in [9.17, 15) is 4.79 Å². The van der Waals surface area contributed by atoms with Crippen LogP contribution in [-0.2, 0) is 6.54 Å². The first-order valence-electron chi connectivity index (χ1n) is 6.01. The number of carbonyl (C=O) groups excluding carboxylic acids is 1. The molecule has 0 aromatic carbocycles. The van der Waals surface area contributed by atoms with Gasteiger partial charge in [-0.1, -0.05) is 19.1 Å². The van der Waals surface area contributed by atoms with Crippen LogP contribution in [0.15, 0.2) is 6.20 Å². The monoisotopic (exact) mass is 239 g/mol. The van der Waals surface area contributed by atoms with Gasteiger partial charge in [0.15, 0.2) is 5.69 Å². The number of amides is 1. The molecule has 17 heavy (non-hydrogen) atoms. The number of hydrogen-bond acceptors (Lipinski definition) is 4. The Morgan fingerprint density at radius 1 is 1.53 bits per heavy atom. The van der Waals surface area contributed by atoms with Gasteiger partial charge in [-0.25, -0.2) is 0 Å². The number of carbonyl (C=O) groups is 1. The van der Waals surface area contributed by atoms with Crippen molar-refractivity contribution in [1.82, 2.24) is 19.9 Å². The van der Waals surface area contributed by atoms with Crippen molar-refractivity contribution >= 4 is 5.91 Å². The molecule has 0 spiro atoms. The lowest BCUT2D eigenvalue weighted by Gasteiger charge is -2.25. The van der Waals surface area contributed by atoms with E-state index in [0.717, 1.165) is 12.8 Å². The van der Waals surface area contributed by atoms with Crippen LogP contribution in [0.3, 0.4) is 0 Å². The fourth-order valence-corrected chi connectivity index (χ4v) is 1.82. The topological polar surface area (TPSA) is 77.0 Å². The van der Waals surface area contributed by atoms with Gasteiger partial charge in [0.2, 0.25) is 0 Å². The zero-order chi connectivity index (χ0) is 12.8. The summed E-state index contributed by atoms with van der Waals surface area (Å²) in [6.07, 6.45) is 3.53. The molecule has 0 radical (unpaired) electrons. The van der Waals surface area contributed by atoms with E-state index in [0.29, 0.717) is 18.8 Å². The zero-order valence-electron chi connectivity index (χ0n) is 10.8. The molecule has 0 fully saturated rings. The van der Waals surface area contributed by atoms with Crippen LogP contribution in [0.1, 0.15) is 37.2 Å². The second-order valence-electron chi connectivity index (χ2n) is 4.04. The maximum Gasteiger partial charge on any atom is 0.276 e. The molecule has 6 heteroatoms. The number of hydrogen-bond donors (Lipinski definition) is 1. The molecule has 0 saturated heterocycles. The van der Waals surface area contributed by atoms with Crippen molar-refractivity contribution in [2.45, 2.75) is 39.3 Å². The molecule has 96 valence electrons. The molecule has 0 aliphatic carbocycles. The Kier molecular flexibility index (Phi) is 5.09. The Hall–Kier alpha value is -1.43. The molecule has 1 aromatic rings. The van der Waals surface area contributed by atoms with Crippen LogP contribution < -0.4 is 5.73 Å². The van der Waals surface area contributed by atoms with Gasteiger partial charge in [-0.3, -0.25) is 9.48 Å². The Morgan fingerprint density at radius 3 is 2.71 bits per heavy atom. The Morgan fingerprint density at radius 2 is 2.18 bits per heavy atom. The van der Waals surface area contributed by atoms with Crippen LogP contribution in [-0.4, -0.2) is 45.4 Å². The molecule has 0 bridgehead atoms. The minimum Gasteiger partial charge on any atom is -0.337 e. The molecule has 1 rings (SSSR count). The average Bonchev–Trinajstić information content (AvgIpc) is 2.78. The Labute approximate surface area is 102 Å². The lowest BCUT2D eigenvalue weighted by Crippen LogP contribution is -2.36. The predicted molar refractivity (Wildman–Crippen MR) is 65.5 cm³/mol. The predicted octanol–water partition coefficient (Wildman–Crippen LogP) is 0.497. The van der Waals surface area contributed by atoms with E-state index in [2.05, 4.69) is 24.2 Å². The highest BCUT2D eigenvalue weighted by atomic mass is 16.2. The van der Waals surface area contributed by atoms with Crippen molar-refractivity contribution in [3.05, 3.63) is 11.9 Å². The van der Waals surface area contributed by atoms with Crippen LogP contribution in [0.5, 0.6) is 0 Å². The van der Waals surface area contributed by atoms with E-state index in [1.807, 2.05) is 7.05 Å². The summed E-state index contributed by atoms with van der Waals surface area (Å²) in [4.78, 5) is 13.8. The molecular formula is C11H21N5O. The van der Waals surface area contributed by atoms with E-state index in [1.54, 1.807) is 15.8 Å². The third-order valence-electron chi connectivity index (χ3n) is 2.93. The van der Waals surface area contributed by atoms with Crippen LogP contribution in [0.2, 0.25) is 0 Å². The highest BCUT2D eigenvalue weighted by Crippen LogP contribution is 2.09. The summed E-state index contributed by atoms with van der Waals surface area (Å²) < 4.78 is 1.59. The second kappa shape index (κ2) is 6.34. The standard InChI is InChI=1S/C11H21N5O/c1-4-9(5-2)15(3)11(17)10-8-16(7-6-12)14-13-10/h8-9H,4-7,12H2,1-3H3.